The van der Waals surface area contributed by atoms with Gasteiger partial charge in [0.2, 0.25) is 11.8 Å². The molecule has 1 saturated heterocycles. The first-order valence-corrected chi connectivity index (χ1v) is 10.8. The summed E-state index contributed by atoms with van der Waals surface area (Å²) in [5.41, 5.74) is 0.332. The third-order valence-electron chi connectivity index (χ3n) is 5.24. The quantitative estimate of drug-likeness (QED) is 0.581. The molecule has 1 aliphatic heterocycles. The molecule has 0 spiro atoms. The Balaban J connectivity index is 2.07. The third kappa shape index (κ3) is 6.99. The van der Waals surface area contributed by atoms with Gasteiger partial charge in [-0.05, 0) is 36.8 Å². The minimum atomic E-state index is -0.701. The molecule has 1 atom stereocenters. The van der Waals surface area contributed by atoms with Gasteiger partial charge in [-0.15, -0.1) is 0 Å². The highest BCUT2D eigenvalue weighted by atomic mass is 35.5. The van der Waals surface area contributed by atoms with Crippen LogP contribution in [0.15, 0.2) is 24.3 Å². The van der Waals surface area contributed by atoms with Crippen LogP contribution in [0.1, 0.15) is 43.5 Å². The van der Waals surface area contributed by atoms with Crippen molar-refractivity contribution in [1.82, 2.24) is 15.5 Å². The highest BCUT2D eigenvalue weighted by Gasteiger charge is 2.34. The van der Waals surface area contributed by atoms with Crippen molar-refractivity contribution in [2.24, 2.45) is 11.8 Å². The molecule has 1 aromatic carbocycles. The molecule has 0 saturated carbocycles. The van der Waals surface area contributed by atoms with Crippen molar-refractivity contribution < 1.29 is 19.1 Å². The molecule has 1 fully saturated rings. The Morgan fingerprint density at radius 1 is 1.20 bits per heavy atom. The number of likely N-dealkylation sites (tertiary alicyclic amines) is 1. The van der Waals surface area contributed by atoms with E-state index in [1.807, 2.05) is 18.7 Å². The molecule has 0 radical (unpaired) electrons. The maximum atomic E-state index is 12.8. The molecule has 1 unspecified atom stereocenters. The molecule has 1 aromatic rings. The van der Waals surface area contributed by atoms with Crippen LogP contribution >= 0.6 is 11.6 Å². The Kier molecular flexibility index (Phi) is 9.59. The van der Waals surface area contributed by atoms with Crippen LogP contribution in [0, 0.1) is 11.8 Å². The van der Waals surface area contributed by atoms with Crippen LogP contribution in [0.4, 0.5) is 0 Å². The number of carbonyl (C=O) groups excluding carboxylic acids is 3. The summed E-state index contributed by atoms with van der Waals surface area (Å²) in [6, 6.07) is 6.05. The van der Waals surface area contributed by atoms with Crippen LogP contribution in [0.25, 0.3) is 0 Å². The van der Waals surface area contributed by atoms with E-state index in [9.17, 15) is 14.4 Å². The van der Waals surface area contributed by atoms with Gasteiger partial charge in [0.15, 0.2) is 0 Å². The molecule has 166 valence electrons. The van der Waals surface area contributed by atoms with E-state index in [1.165, 1.54) is 0 Å². The van der Waals surface area contributed by atoms with E-state index in [4.69, 9.17) is 16.3 Å². The van der Waals surface area contributed by atoms with Crippen molar-refractivity contribution in [3.63, 3.8) is 0 Å². The van der Waals surface area contributed by atoms with Crippen molar-refractivity contribution >= 4 is 29.3 Å². The Bertz CT molecular complexity index is 733. The van der Waals surface area contributed by atoms with Crippen LogP contribution in [-0.4, -0.2) is 62.0 Å². The summed E-state index contributed by atoms with van der Waals surface area (Å²) < 4.78 is 4.99. The van der Waals surface area contributed by atoms with Crippen molar-refractivity contribution in [2.75, 3.05) is 33.4 Å². The van der Waals surface area contributed by atoms with Crippen LogP contribution in [0.3, 0.4) is 0 Å². The lowest BCUT2D eigenvalue weighted by molar-refractivity contribution is -0.133. The number of halogens is 1. The fraction of sp³-hybridized carbons (Fsp3) is 0.591. The van der Waals surface area contributed by atoms with Crippen LogP contribution in [0.2, 0.25) is 5.02 Å². The molecule has 0 aromatic heterocycles. The number of hydrogen-bond acceptors (Lipinski definition) is 4. The molecule has 3 amide bonds. The number of nitrogens with zero attached hydrogens (tertiary/aromatic N) is 1. The Labute approximate surface area is 183 Å². The van der Waals surface area contributed by atoms with E-state index < -0.39 is 6.04 Å². The average Bonchev–Trinajstić information content (AvgIpc) is 2.72. The Morgan fingerprint density at radius 3 is 2.47 bits per heavy atom. The molecule has 1 heterocycles. The summed E-state index contributed by atoms with van der Waals surface area (Å²) in [7, 11) is 1.56. The highest BCUT2D eigenvalue weighted by Crippen LogP contribution is 2.23. The second-order valence-corrected chi connectivity index (χ2v) is 8.44. The number of hydrogen-bond donors (Lipinski definition) is 2. The third-order valence-corrected chi connectivity index (χ3v) is 5.57. The normalized spacial score (nSPS) is 15.7. The number of benzene rings is 1. The van der Waals surface area contributed by atoms with Crippen molar-refractivity contribution in [1.29, 1.82) is 0 Å². The van der Waals surface area contributed by atoms with E-state index in [0.717, 1.165) is 0 Å². The average molecular weight is 438 g/mol. The maximum absolute atomic E-state index is 12.8. The zero-order valence-corrected chi connectivity index (χ0v) is 18.7. The first-order chi connectivity index (χ1) is 14.3. The molecule has 7 nitrogen and oxygen atoms in total. The second kappa shape index (κ2) is 11.9. The van der Waals surface area contributed by atoms with Gasteiger partial charge in [0, 0.05) is 33.2 Å². The minimum Gasteiger partial charge on any atom is -0.383 e. The monoisotopic (exact) mass is 437 g/mol. The van der Waals surface area contributed by atoms with E-state index in [2.05, 4.69) is 10.6 Å². The zero-order valence-electron chi connectivity index (χ0n) is 17.9. The van der Waals surface area contributed by atoms with Crippen molar-refractivity contribution in [3.05, 3.63) is 34.9 Å². The molecule has 0 bridgehead atoms. The highest BCUT2D eigenvalue weighted by molar-refractivity contribution is 6.33. The lowest BCUT2D eigenvalue weighted by atomic mass is 9.88. The van der Waals surface area contributed by atoms with Gasteiger partial charge in [0.25, 0.3) is 5.91 Å². The largest absolute Gasteiger partial charge is 0.383 e. The molecular formula is C22H32ClN3O4. The summed E-state index contributed by atoms with van der Waals surface area (Å²) in [5.74, 6) is -0.249. The summed E-state index contributed by atoms with van der Waals surface area (Å²) in [6.07, 6.45) is 1.82. The molecule has 30 heavy (non-hydrogen) atoms. The van der Waals surface area contributed by atoms with E-state index in [0.29, 0.717) is 62.0 Å². The molecule has 0 aliphatic carbocycles. The van der Waals surface area contributed by atoms with E-state index >= 15 is 0 Å². The number of ether oxygens (including phenoxy) is 1. The number of piperidine rings is 1. The van der Waals surface area contributed by atoms with Crippen LogP contribution in [0.5, 0.6) is 0 Å². The predicted octanol–water partition coefficient (Wildman–Crippen LogP) is 2.49. The Morgan fingerprint density at radius 2 is 1.87 bits per heavy atom. The van der Waals surface area contributed by atoms with E-state index in [-0.39, 0.29) is 23.6 Å². The molecule has 2 rings (SSSR count). The topological polar surface area (TPSA) is 87.7 Å². The zero-order chi connectivity index (χ0) is 22.1. The lowest BCUT2D eigenvalue weighted by Gasteiger charge is -2.36. The molecular weight excluding hydrogens is 406 g/mol. The number of rotatable bonds is 9. The fourth-order valence-corrected chi connectivity index (χ4v) is 3.83. The first kappa shape index (κ1) is 24.2. The number of methoxy groups -OCH3 is 1. The summed E-state index contributed by atoms with van der Waals surface area (Å²) in [4.78, 5) is 39.8. The van der Waals surface area contributed by atoms with Gasteiger partial charge in [0.05, 0.1) is 17.2 Å². The van der Waals surface area contributed by atoms with Gasteiger partial charge >= 0.3 is 0 Å². The standard InChI is InChI=1S/C22H32ClN3O4/c1-15(2)14-19(27)26-11-8-16(9-12-26)20(22(29)24-10-13-30-3)25-21(28)17-6-4-5-7-18(17)23/h4-7,15-16,20H,8-14H2,1-3H3,(H,24,29)(H,25,28). The second-order valence-electron chi connectivity index (χ2n) is 8.03. The summed E-state index contributed by atoms with van der Waals surface area (Å²) >= 11 is 6.14. The minimum absolute atomic E-state index is 0.0675. The number of amides is 3. The lowest BCUT2D eigenvalue weighted by Crippen LogP contribution is -2.54. The van der Waals surface area contributed by atoms with Gasteiger partial charge in [-0.3, -0.25) is 14.4 Å². The van der Waals surface area contributed by atoms with Gasteiger partial charge in [-0.25, -0.2) is 0 Å². The van der Waals surface area contributed by atoms with Crippen LogP contribution < -0.4 is 10.6 Å². The Hall–Kier alpha value is -2.12. The predicted molar refractivity (Wildman–Crippen MR) is 116 cm³/mol. The van der Waals surface area contributed by atoms with Gasteiger partial charge < -0.3 is 20.3 Å². The summed E-state index contributed by atoms with van der Waals surface area (Å²) in [5, 5.41) is 6.02. The number of carbonyl (C=O) groups is 3. The SMILES string of the molecule is COCCNC(=O)C(NC(=O)c1ccccc1Cl)C1CCN(C(=O)CC(C)C)CC1. The fourth-order valence-electron chi connectivity index (χ4n) is 3.61. The van der Waals surface area contributed by atoms with Crippen molar-refractivity contribution in [2.45, 2.75) is 39.2 Å². The number of nitrogens with one attached hydrogen (secondary N) is 2. The molecule has 1 aliphatic rings. The van der Waals surface area contributed by atoms with Crippen molar-refractivity contribution in [3.8, 4) is 0 Å². The molecule has 2 N–H and O–H groups in total. The van der Waals surface area contributed by atoms with E-state index in [1.54, 1.807) is 31.4 Å². The molecule has 8 heteroatoms. The van der Waals surface area contributed by atoms with Crippen LogP contribution in [-0.2, 0) is 14.3 Å². The maximum Gasteiger partial charge on any atom is 0.253 e. The first-order valence-electron chi connectivity index (χ1n) is 10.4. The summed E-state index contributed by atoms with van der Waals surface area (Å²) in [6.45, 7) is 5.96. The van der Waals surface area contributed by atoms with Gasteiger partial charge in [-0.2, -0.15) is 0 Å². The van der Waals surface area contributed by atoms with Gasteiger partial charge in [0.1, 0.15) is 6.04 Å². The smallest absolute Gasteiger partial charge is 0.253 e. The van der Waals surface area contributed by atoms with Gasteiger partial charge in [-0.1, -0.05) is 37.6 Å².